The van der Waals surface area contributed by atoms with Crippen LogP contribution in [-0.4, -0.2) is 37.6 Å². The van der Waals surface area contributed by atoms with Crippen molar-refractivity contribution >= 4 is 41.5 Å². The monoisotopic (exact) mass is 375 g/mol. The fourth-order valence-electron chi connectivity index (χ4n) is 2.49. The molecule has 1 aliphatic rings. The molecule has 4 N–H and O–H groups in total. The number of hydrogen-bond donors (Lipinski definition) is 3. The van der Waals surface area contributed by atoms with Crippen LogP contribution in [0.3, 0.4) is 0 Å². The van der Waals surface area contributed by atoms with Crippen LogP contribution in [0.5, 0.6) is 0 Å². The van der Waals surface area contributed by atoms with Gasteiger partial charge in [0.1, 0.15) is 0 Å². The van der Waals surface area contributed by atoms with Gasteiger partial charge in [-0.05, 0) is 43.4 Å². The van der Waals surface area contributed by atoms with Gasteiger partial charge in [0.25, 0.3) is 0 Å². The molecular weight excluding hydrogens is 353 g/mol. The van der Waals surface area contributed by atoms with E-state index in [0.717, 1.165) is 18.4 Å². The first-order valence-electron chi connectivity index (χ1n) is 7.64. The third kappa shape index (κ3) is 5.94. The number of ether oxygens (including phenoxy) is 1. The Morgan fingerprint density at radius 1 is 1.38 bits per heavy atom. The van der Waals surface area contributed by atoms with Crippen molar-refractivity contribution < 1.29 is 14.3 Å². The normalized spacial score (nSPS) is 16.0. The van der Waals surface area contributed by atoms with Gasteiger partial charge in [-0.15, -0.1) is 12.4 Å². The Morgan fingerprint density at radius 2 is 2.04 bits per heavy atom. The number of rotatable bonds is 5. The van der Waals surface area contributed by atoms with Gasteiger partial charge in [0.05, 0.1) is 23.3 Å². The van der Waals surface area contributed by atoms with E-state index < -0.39 is 6.04 Å². The van der Waals surface area contributed by atoms with Crippen molar-refractivity contribution in [1.29, 1.82) is 0 Å². The smallest absolute Gasteiger partial charge is 0.243 e. The minimum Gasteiger partial charge on any atom is -0.381 e. The molecule has 1 unspecified atom stereocenters. The molecule has 134 valence electrons. The van der Waals surface area contributed by atoms with Gasteiger partial charge in [-0.25, -0.2) is 0 Å². The molecule has 0 spiro atoms. The molecule has 0 saturated carbocycles. The highest BCUT2D eigenvalue weighted by Crippen LogP contribution is 2.22. The number of halogens is 2. The van der Waals surface area contributed by atoms with Crippen LogP contribution in [0, 0.1) is 12.8 Å². The van der Waals surface area contributed by atoms with Crippen LogP contribution >= 0.6 is 24.0 Å². The Labute approximate surface area is 152 Å². The van der Waals surface area contributed by atoms with Gasteiger partial charge in [0.2, 0.25) is 11.8 Å². The Balaban J connectivity index is 0.00000288. The summed E-state index contributed by atoms with van der Waals surface area (Å²) >= 11 is 6.05. The molecule has 2 rings (SSSR count). The van der Waals surface area contributed by atoms with Crippen molar-refractivity contribution in [3.63, 3.8) is 0 Å². The van der Waals surface area contributed by atoms with Crippen LogP contribution in [0.1, 0.15) is 18.4 Å². The minimum absolute atomic E-state index is 0. The average molecular weight is 376 g/mol. The summed E-state index contributed by atoms with van der Waals surface area (Å²) in [6, 6.07) is 4.72. The molecule has 2 amide bonds. The average Bonchev–Trinajstić information content (AvgIpc) is 2.55. The van der Waals surface area contributed by atoms with Gasteiger partial charge >= 0.3 is 0 Å². The van der Waals surface area contributed by atoms with Crippen LogP contribution in [0.25, 0.3) is 0 Å². The molecule has 24 heavy (non-hydrogen) atoms. The van der Waals surface area contributed by atoms with Crippen molar-refractivity contribution in [2.75, 3.05) is 25.1 Å². The van der Waals surface area contributed by atoms with Crippen LogP contribution in [0.2, 0.25) is 5.02 Å². The van der Waals surface area contributed by atoms with E-state index in [-0.39, 0.29) is 36.7 Å². The highest BCUT2D eigenvalue weighted by molar-refractivity contribution is 6.33. The highest BCUT2D eigenvalue weighted by Gasteiger charge is 2.26. The van der Waals surface area contributed by atoms with Gasteiger partial charge in [-0.3, -0.25) is 9.59 Å². The molecular formula is C16H23Cl2N3O3. The third-order valence-electron chi connectivity index (χ3n) is 3.90. The Morgan fingerprint density at radius 3 is 2.67 bits per heavy atom. The first-order chi connectivity index (χ1) is 11.0. The second kappa shape index (κ2) is 9.84. The molecule has 1 aromatic rings. The maximum atomic E-state index is 12.0. The molecule has 6 nitrogen and oxygen atoms in total. The lowest BCUT2D eigenvalue weighted by atomic mass is 9.92. The number of nitrogens with one attached hydrogen (secondary N) is 2. The van der Waals surface area contributed by atoms with E-state index >= 15 is 0 Å². The van der Waals surface area contributed by atoms with E-state index in [0.29, 0.717) is 23.9 Å². The van der Waals surface area contributed by atoms with E-state index in [9.17, 15) is 9.59 Å². The van der Waals surface area contributed by atoms with Crippen LogP contribution < -0.4 is 16.4 Å². The van der Waals surface area contributed by atoms with Crippen molar-refractivity contribution in [3.05, 3.63) is 28.8 Å². The maximum absolute atomic E-state index is 12.0. The lowest BCUT2D eigenvalue weighted by molar-refractivity contribution is -0.126. The van der Waals surface area contributed by atoms with Gasteiger partial charge in [-0.1, -0.05) is 17.7 Å². The van der Waals surface area contributed by atoms with Crippen LogP contribution in [0.4, 0.5) is 5.69 Å². The van der Waals surface area contributed by atoms with E-state index in [1.165, 1.54) is 0 Å². The topological polar surface area (TPSA) is 93.5 Å². The molecule has 8 heteroatoms. The zero-order valence-electron chi connectivity index (χ0n) is 13.5. The molecule has 0 radical (unpaired) electrons. The number of carbonyl (C=O) groups excluding carboxylic acids is 2. The summed E-state index contributed by atoms with van der Waals surface area (Å²) in [7, 11) is 0. The van der Waals surface area contributed by atoms with Gasteiger partial charge in [-0.2, -0.15) is 0 Å². The SMILES string of the molecule is Cc1ccc(NC(=O)CNC(=O)C(N)C2CCOCC2)c(Cl)c1.Cl. The third-order valence-corrected chi connectivity index (χ3v) is 4.21. The minimum atomic E-state index is -0.616. The molecule has 1 aliphatic heterocycles. The molecule has 0 aliphatic carbocycles. The summed E-state index contributed by atoms with van der Waals surface area (Å²) in [6.45, 7) is 3.02. The van der Waals surface area contributed by atoms with Crippen LogP contribution in [0.15, 0.2) is 18.2 Å². The summed E-state index contributed by atoms with van der Waals surface area (Å²) in [5.74, 6) is -0.566. The van der Waals surface area contributed by atoms with Crippen LogP contribution in [-0.2, 0) is 14.3 Å². The number of aryl methyl sites for hydroxylation is 1. The number of anilines is 1. The van der Waals surface area contributed by atoms with E-state index in [4.69, 9.17) is 22.1 Å². The van der Waals surface area contributed by atoms with Gasteiger partial charge < -0.3 is 21.1 Å². The second-order valence-electron chi connectivity index (χ2n) is 5.72. The summed E-state index contributed by atoms with van der Waals surface area (Å²) in [5.41, 5.74) is 7.47. The lowest BCUT2D eigenvalue weighted by Crippen LogP contribution is -2.48. The van der Waals surface area contributed by atoms with Crippen molar-refractivity contribution in [2.45, 2.75) is 25.8 Å². The molecule has 0 bridgehead atoms. The standard InChI is InChI=1S/C16H22ClN3O3.ClH/c1-10-2-3-13(12(17)8-10)20-14(21)9-19-16(22)15(18)11-4-6-23-7-5-11;/h2-3,8,11,15H,4-7,9,18H2,1H3,(H,19,22)(H,20,21);1H. The molecule has 1 aromatic carbocycles. The van der Waals surface area contributed by atoms with Crippen molar-refractivity contribution in [1.82, 2.24) is 5.32 Å². The number of benzene rings is 1. The summed E-state index contributed by atoms with van der Waals surface area (Å²) in [6.07, 6.45) is 1.53. The fourth-order valence-corrected chi connectivity index (χ4v) is 2.77. The Hall–Kier alpha value is -1.34. The molecule has 1 saturated heterocycles. The molecule has 1 heterocycles. The molecule has 0 aromatic heterocycles. The lowest BCUT2D eigenvalue weighted by Gasteiger charge is -2.26. The predicted octanol–water partition coefficient (Wildman–Crippen LogP) is 1.88. The van der Waals surface area contributed by atoms with Gasteiger partial charge in [0.15, 0.2) is 0 Å². The first-order valence-corrected chi connectivity index (χ1v) is 8.02. The number of nitrogens with two attached hydrogens (primary N) is 1. The van der Waals surface area contributed by atoms with Crippen molar-refractivity contribution in [2.24, 2.45) is 11.7 Å². The number of hydrogen-bond acceptors (Lipinski definition) is 4. The molecule has 1 fully saturated rings. The summed E-state index contributed by atoms with van der Waals surface area (Å²) in [5, 5.41) is 5.70. The predicted molar refractivity (Wildman–Crippen MR) is 96.6 cm³/mol. The molecule has 1 atom stereocenters. The summed E-state index contributed by atoms with van der Waals surface area (Å²) in [4.78, 5) is 23.9. The van der Waals surface area contributed by atoms with E-state index in [1.807, 2.05) is 13.0 Å². The zero-order chi connectivity index (χ0) is 16.8. The zero-order valence-corrected chi connectivity index (χ0v) is 15.1. The van der Waals surface area contributed by atoms with E-state index in [1.54, 1.807) is 12.1 Å². The van der Waals surface area contributed by atoms with Crippen molar-refractivity contribution in [3.8, 4) is 0 Å². The number of carbonyl (C=O) groups is 2. The Bertz CT molecular complexity index is 578. The second-order valence-corrected chi connectivity index (χ2v) is 6.13. The highest BCUT2D eigenvalue weighted by atomic mass is 35.5. The van der Waals surface area contributed by atoms with Gasteiger partial charge in [0, 0.05) is 13.2 Å². The van der Waals surface area contributed by atoms with E-state index in [2.05, 4.69) is 10.6 Å². The summed E-state index contributed by atoms with van der Waals surface area (Å²) < 4.78 is 5.25. The number of amides is 2. The first kappa shape index (κ1) is 20.7. The Kier molecular flexibility index (Phi) is 8.48. The largest absolute Gasteiger partial charge is 0.381 e. The quantitative estimate of drug-likeness (QED) is 0.732. The maximum Gasteiger partial charge on any atom is 0.243 e. The fraction of sp³-hybridized carbons (Fsp3) is 0.500.